The van der Waals surface area contributed by atoms with Crippen molar-refractivity contribution >= 4 is 29.2 Å². The fourth-order valence-electron chi connectivity index (χ4n) is 5.88. The predicted octanol–water partition coefficient (Wildman–Crippen LogP) is 3.92. The molecule has 2 aliphatic rings. The predicted molar refractivity (Wildman–Crippen MR) is 167 cm³/mol. The lowest BCUT2D eigenvalue weighted by Gasteiger charge is -2.45. The normalized spacial score (nSPS) is 17.2. The minimum atomic E-state index is -0.592. The number of rotatable bonds is 7. The molecular formula is C32H41FN8O3. The first-order chi connectivity index (χ1) is 20.7. The number of carbonyl (C=O) groups is 3. The number of anilines is 2. The maximum Gasteiger partial charge on any atom is 0.322 e. The molecule has 1 aromatic heterocycles. The lowest BCUT2D eigenvalue weighted by molar-refractivity contribution is 0.0827. The number of hydrogen-bond acceptors (Lipinski definition) is 6. The summed E-state index contributed by atoms with van der Waals surface area (Å²) < 4.78 is 16.8. The van der Waals surface area contributed by atoms with E-state index in [1.165, 1.54) is 17.0 Å². The number of nitrogens with two attached hydrogens (primary N) is 1. The number of aromatic nitrogens is 2. The Kier molecular flexibility index (Phi) is 8.39. The molecule has 3 aromatic rings. The van der Waals surface area contributed by atoms with Gasteiger partial charge in [-0.15, -0.1) is 0 Å². The van der Waals surface area contributed by atoms with Crippen LogP contribution in [0.1, 0.15) is 77.3 Å². The van der Waals surface area contributed by atoms with Gasteiger partial charge in [-0.3, -0.25) is 14.3 Å². The molecule has 0 aliphatic carbocycles. The zero-order valence-electron chi connectivity index (χ0n) is 26.1. The molecule has 1 saturated heterocycles. The van der Waals surface area contributed by atoms with Crippen LogP contribution in [0.4, 0.5) is 20.6 Å². The molecule has 1 atom stereocenters. The molecule has 0 bridgehead atoms. The largest absolute Gasteiger partial charge is 0.366 e. The second-order valence-corrected chi connectivity index (χ2v) is 12.7. The Hall–Kier alpha value is -4.45. The fraction of sp³-hybridized carbons (Fsp3) is 0.438. The third-order valence-corrected chi connectivity index (χ3v) is 8.07. The molecule has 11 nitrogen and oxygen atoms in total. The zero-order valence-corrected chi connectivity index (χ0v) is 26.1. The smallest absolute Gasteiger partial charge is 0.322 e. The van der Waals surface area contributed by atoms with Crippen LogP contribution in [0.3, 0.4) is 0 Å². The molecule has 1 fully saturated rings. The third-order valence-electron chi connectivity index (χ3n) is 8.07. The van der Waals surface area contributed by atoms with Gasteiger partial charge in [0.25, 0.3) is 11.8 Å². The molecule has 0 saturated carbocycles. The van der Waals surface area contributed by atoms with E-state index < -0.39 is 17.4 Å². The zero-order chi connectivity index (χ0) is 31.9. The highest BCUT2D eigenvalue weighted by Crippen LogP contribution is 2.35. The molecule has 0 unspecified atom stereocenters. The number of nitrogens with zero attached hydrogens (tertiary/aromatic N) is 5. The molecule has 44 heavy (non-hydrogen) atoms. The molecular weight excluding hydrogens is 563 g/mol. The molecule has 4 N–H and O–H groups in total. The summed E-state index contributed by atoms with van der Waals surface area (Å²) in [6.45, 7) is 10.2. The quantitative estimate of drug-likeness (QED) is 0.375. The summed E-state index contributed by atoms with van der Waals surface area (Å²) in [6, 6.07) is 11.6. The van der Waals surface area contributed by atoms with E-state index in [0.29, 0.717) is 36.5 Å². The summed E-state index contributed by atoms with van der Waals surface area (Å²) >= 11 is 0. The van der Waals surface area contributed by atoms with Crippen LogP contribution >= 0.6 is 0 Å². The second kappa shape index (κ2) is 11.9. The van der Waals surface area contributed by atoms with Crippen molar-refractivity contribution in [3.8, 4) is 0 Å². The number of fused-ring (bicyclic) bond motifs is 1. The molecule has 5 rings (SSSR count). The highest BCUT2D eigenvalue weighted by molar-refractivity contribution is 5.95. The highest BCUT2D eigenvalue weighted by atomic mass is 19.1. The maximum absolute atomic E-state index is 14.9. The van der Waals surface area contributed by atoms with Gasteiger partial charge in [-0.2, -0.15) is 5.10 Å². The number of hydrogen-bond donors (Lipinski definition) is 3. The Morgan fingerprint density at radius 1 is 1.14 bits per heavy atom. The van der Waals surface area contributed by atoms with E-state index in [1.54, 1.807) is 25.1 Å². The molecule has 4 amide bonds. The number of halogens is 1. The van der Waals surface area contributed by atoms with Crippen LogP contribution in [0.25, 0.3) is 0 Å². The van der Waals surface area contributed by atoms with E-state index in [9.17, 15) is 18.8 Å². The van der Waals surface area contributed by atoms with Gasteiger partial charge in [0.15, 0.2) is 5.69 Å². The van der Waals surface area contributed by atoms with Crippen molar-refractivity contribution in [3.63, 3.8) is 0 Å². The minimum absolute atomic E-state index is 0.0577. The van der Waals surface area contributed by atoms with Gasteiger partial charge in [0.05, 0.1) is 5.69 Å². The minimum Gasteiger partial charge on any atom is -0.366 e. The number of amides is 4. The molecule has 3 heterocycles. The van der Waals surface area contributed by atoms with Crippen molar-refractivity contribution in [1.29, 1.82) is 0 Å². The third kappa shape index (κ3) is 6.26. The Bertz CT molecular complexity index is 1570. The lowest BCUT2D eigenvalue weighted by Crippen LogP contribution is -2.67. The Morgan fingerprint density at radius 3 is 2.41 bits per heavy atom. The Morgan fingerprint density at radius 2 is 1.82 bits per heavy atom. The van der Waals surface area contributed by atoms with E-state index >= 15 is 0 Å². The first-order valence-corrected chi connectivity index (χ1v) is 14.8. The van der Waals surface area contributed by atoms with Gasteiger partial charge >= 0.3 is 6.03 Å². The van der Waals surface area contributed by atoms with Crippen LogP contribution < -0.4 is 21.3 Å². The summed E-state index contributed by atoms with van der Waals surface area (Å²) in [5.41, 5.74) is 9.94. The molecule has 0 spiro atoms. The summed E-state index contributed by atoms with van der Waals surface area (Å²) in [6.07, 6.45) is 0. The number of benzene rings is 2. The second-order valence-electron chi connectivity index (χ2n) is 12.7. The monoisotopic (exact) mass is 604 g/mol. The molecule has 2 aliphatic heterocycles. The van der Waals surface area contributed by atoms with Crippen LogP contribution in [0.2, 0.25) is 0 Å². The van der Waals surface area contributed by atoms with Gasteiger partial charge in [0.2, 0.25) is 0 Å². The Balaban J connectivity index is 1.29. The van der Waals surface area contributed by atoms with E-state index in [-0.39, 0.29) is 36.0 Å². The number of likely N-dealkylation sites (tertiary alicyclic amines) is 1. The van der Waals surface area contributed by atoms with Crippen molar-refractivity contribution in [2.45, 2.75) is 58.3 Å². The van der Waals surface area contributed by atoms with Gasteiger partial charge in [-0.25, -0.2) is 9.18 Å². The van der Waals surface area contributed by atoms with Gasteiger partial charge in [0.1, 0.15) is 5.82 Å². The van der Waals surface area contributed by atoms with Crippen molar-refractivity contribution in [2.24, 2.45) is 5.73 Å². The van der Waals surface area contributed by atoms with Crippen LogP contribution in [0, 0.1) is 5.82 Å². The van der Waals surface area contributed by atoms with Crippen LogP contribution in [0.15, 0.2) is 42.5 Å². The SMILES string of the molecule is CC(C)n1nc(C(=O)NCc2ccc(NC(=O)N3CC(C)(N)C3)c(F)c2)c2c1[C@@H](C)CN(c1ccc(C(=O)N(C)C)cc1)C2. The van der Waals surface area contributed by atoms with Gasteiger partial charge in [-0.1, -0.05) is 13.0 Å². The van der Waals surface area contributed by atoms with E-state index in [0.717, 1.165) is 23.5 Å². The average Bonchev–Trinajstić information content (AvgIpc) is 3.36. The summed E-state index contributed by atoms with van der Waals surface area (Å²) in [4.78, 5) is 43.5. The van der Waals surface area contributed by atoms with Crippen LogP contribution in [-0.2, 0) is 13.1 Å². The number of carbonyl (C=O) groups excluding carboxylic acids is 3. The molecule has 0 radical (unpaired) electrons. The molecule has 234 valence electrons. The van der Waals surface area contributed by atoms with Crippen molar-refractivity contribution in [1.82, 2.24) is 24.9 Å². The van der Waals surface area contributed by atoms with Gasteiger partial charge in [0, 0.05) is 86.8 Å². The maximum atomic E-state index is 14.9. The number of urea groups is 1. The summed E-state index contributed by atoms with van der Waals surface area (Å²) in [5, 5.41) is 10.2. The van der Waals surface area contributed by atoms with Gasteiger partial charge < -0.3 is 31.1 Å². The van der Waals surface area contributed by atoms with E-state index in [4.69, 9.17) is 10.8 Å². The van der Waals surface area contributed by atoms with E-state index in [1.807, 2.05) is 49.7 Å². The van der Waals surface area contributed by atoms with Crippen LogP contribution in [0.5, 0.6) is 0 Å². The van der Waals surface area contributed by atoms with Crippen molar-refractivity contribution < 1.29 is 18.8 Å². The topological polar surface area (TPSA) is 129 Å². The average molecular weight is 605 g/mol. The van der Waals surface area contributed by atoms with Crippen molar-refractivity contribution in [2.75, 3.05) is 43.9 Å². The molecule has 12 heteroatoms. The first kappa shape index (κ1) is 31.0. The molecule has 2 aromatic carbocycles. The van der Waals surface area contributed by atoms with Gasteiger partial charge in [-0.05, 0) is 62.7 Å². The summed E-state index contributed by atoms with van der Waals surface area (Å²) in [7, 11) is 3.45. The first-order valence-electron chi connectivity index (χ1n) is 14.8. The lowest BCUT2D eigenvalue weighted by atomic mass is 9.94. The number of nitrogens with one attached hydrogen (secondary N) is 2. The highest BCUT2D eigenvalue weighted by Gasteiger charge is 2.38. The fourth-order valence-corrected chi connectivity index (χ4v) is 5.88. The van der Waals surface area contributed by atoms with Crippen molar-refractivity contribution in [3.05, 3.63) is 76.4 Å². The standard InChI is InChI=1S/C32H41FN8O3/c1-19(2)41-28-20(3)15-39(23-10-8-22(9-11-23)30(43)38(5)6)16-24(28)27(37-41)29(42)35-14-21-7-12-26(25(33)13-21)36-31(44)40-17-32(4,34)18-40/h7-13,19-20H,14-18,34H2,1-6H3,(H,35,42)(H,36,44)/t20-/m0/s1. The Labute approximate surface area is 257 Å². The van der Waals surface area contributed by atoms with Crippen LogP contribution in [-0.4, -0.2) is 76.7 Å². The van der Waals surface area contributed by atoms with E-state index in [2.05, 4.69) is 22.5 Å². The summed E-state index contributed by atoms with van der Waals surface area (Å²) in [5.74, 6) is -0.897.